The van der Waals surface area contributed by atoms with Crippen LogP contribution in [0.3, 0.4) is 0 Å². The zero-order valence-corrected chi connectivity index (χ0v) is 18.0. The third kappa shape index (κ3) is 6.40. The van der Waals surface area contributed by atoms with E-state index in [1.807, 2.05) is 78.9 Å². The lowest BCUT2D eigenvalue weighted by atomic mass is 10.1. The Labute approximate surface area is 192 Å². The van der Waals surface area contributed by atoms with Gasteiger partial charge in [-0.15, -0.1) is 0 Å². The van der Waals surface area contributed by atoms with Crippen LogP contribution in [0.2, 0.25) is 0 Å². The second-order valence-corrected chi connectivity index (χ2v) is 7.46. The van der Waals surface area contributed by atoms with Gasteiger partial charge in [0.05, 0.1) is 0 Å². The Morgan fingerprint density at radius 1 is 0.697 bits per heavy atom. The highest BCUT2D eigenvalue weighted by atomic mass is 19.1. The number of halogens is 1. The third-order valence-electron chi connectivity index (χ3n) is 5.00. The van der Waals surface area contributed by atoms with Crippen LogP contribution in [0.15, 0.2) is 109 Å². The average molecular weight is 438 g/mol. The fourth-order valence-corrected chi connectivity index (χ4v) is 3.21. The van der Waals surface area contributed by atoms with E-state index in [2.05, 4.69) is 0 Å². The second-order valence-electron chi connectivity index (χ2n) is 7.46. The van der Waals surface area contributed by atoms with Crippen molar-refractivity contribution in [3.8, 4) is 11.5 Å². The zero-order chi connectivity index (χ0) is 22.9. The van der Waals surface area contributed by atoms with Gasteiger partial charge in [0.25, 0.3) is 0 Å². The molecule has 0 aliphatic heterocycles. The topological polar surface area (TPSA) is 35.5 Å². The summed E-state index contributed by atoms with van der Waals surface area (Å²) in [5.41, 5.74) is 3.32. The molecule has 4 aromatic rings. The number of ether oxygens (including phenoxy) is 2. The van der Waals surface area contributed by atoms with E-state index in [0.29, 0.717) is 30.3 Å². The van der Waals surface area contributed by atoms with Crippen LogP contribution < -0.4 is 9.47 Å². The number of allylic oxidation sites excluding steroid dienone is 1. The summed E-state index contributed by atoms with van der Waals surface area (Å²) in [6, 6.07) is 30.8. The van der Waals surface area contributed by atoms with Crippen molar-refractivity contribution in [2.45, 2.75) is 13.2 Å². The van der Waals surface area contributed by atoms with E-state index in [4.69, 9.17) is 9.47 Å². The summed E-state index contributed by atoms with van der Waals surface area (Å²) in [5, 5.41) is 0. The molecule has 0 bridgehead atoms. The van der Waals surface area contributed by atoms with Crippen LogP contribution in [0.4, 0.5) is 4.39 Å². The Hall–Kier alpha value is -4.18. The molecule has 164 valence electrons. The molecule has 0 aliphatic carbocycles. The molecule has 0 radical (unpaired) electrons. The molecule has 0 saturated carbocycles. The zero-order valence-electron chi connectivity index (χ0n) is 18.0. The van der Waals surface area contributed by atoms with Crippen molar-refractivity contribution in [2.75, 3.05) is 0 Å². The molecule has 0 saturated heterocycles. The summed E-state index contributed by atoms with van der Waals surface area (Å²) in [7, 11) is 0. The standard InChI is InChI=1S/C29H23FO3/c30-26-15-13-25(14-16-26)27(31)17-11-22-12-18-28(32-20-23-7-3-1-4-8-23)29(19-22)33-21-24-9-5-2-6-10-24/h1-19H,20-21H2/b17-11+. The van der Waals surface area contributed by atoms with Crippen molar-refractivity contribution in [3.63, 3.8) is 0 Å². The van der Waals surface area contributed by atoms with Gasteiger partial charge < -0.3 is 9.47 Å². The molecular weight excluding hydrogens is 415 g/mol. The van der Waals surface area contributed by atoms with Gasteiger partial charge in [-0.05, 0) is 59.2 Å². The Bertz CT molecular complexity index is 1220. The second kappa shape index (κ2) is 10.9. The molecular formula is C29H23FO3. The number of hydrogen-bond acceptors (Lipinski definition) is 3. The van der Waals surface area contributed by atoms with Crippen LogP contribution in [0, 0.1) is 5.82 Å². The molecule has 0 aromatic heterocycles. The van der Waals surface area contributed by atoms with Crippen LogP contribution in [0.1, 0.15) is 27.0 Å². The van der Waals surface area contributed by atoms with Crippen molar-refractivity contribution in [2.24, 2.45) is 0 Å². The van der Waals surface area contributed by atoms with Crippen molar-refractivity contribution < 1.29 is 18.7 Å². The van der Waals surface area contributed by atoms with Gasteiger partial charge in [0.15, 0.2) is 17.3 Å². The number of hydrogen-bond donors (Lipinski definition) is 0. The van der Waals surface area contributed by atoms with Gasteiger partial charge in [-0.25, -0.2) is 4.39 Å². The van der Waals surface area contributed by atoms with Gasteiger partial charge in [0.1, 0.15) is 19.0 Å². The van der Waals surface area contributed by atoms with Crippen LogP contribution in [0.5, 0.6) is 11.5 Å². The molecule has 3 nitrogen and oxygen atoms in total. The van der Waals surface area contributed by atoms with Crippen molar-refractivity contribution in [3.05, 3.63) is 137 Å². The summed E-state index contributed by atoms with van der Waals surface area (Å²) in [4.78, 5) is 12.4. The van der Waals surface area contributed by atoms with Gasteiger partial charge in [-0.3, -0.25) is 4.79 Å². The average Bonchev–Trinajstić information content (AvgIpc) is 2.87. The largest absolute Gasteiger partial charge is 0.485 e. The normalized spacial score (nSPS) is 10.8. The first-order chi connectivity index (χ1) is 16.2. The predicted molar refractivity (Wildman–Crippen MR) is 128 cm³/mol. The van der Waals surface area contributed by atoms with E-state index in [-0.39, 0.29) is 11.6 Å². The number of benzene rings is 4. The SMILES string of the molecule is O=C(/C=C/c1ccc(OCc2ccccc2)c(OCc2ccccc2)c1)c1ccc(F)cc1. The molecule has 0 atom stereocenters. The van der Waals surface area contributed by atoms with Gasteiger partial charge in [-0.2, -0.15) is 0 Å². The molecule has 0 fully saturated rings. The molecule has 0 unspecified atom stereocenters. The lowest BCUT2D eigenvalue weighted by Gasteiger charge is -2.14. The van der Waals surface area contributed by atoms with Crippen molar-refractivity contribution in [1.82, 2.24) is 0 Å². The Morgan fingerprint density at radius 2 is 1.27 bits per heavy atom. The summed E-state index contributed by atoms with van der Waals surface area (Å²) >= 11 is 0. The fraction of sp³-hybridized carbons (Fsp3) is 0.0690. The minimum Gasteiger partial charge on any atom is -0.485 e. The quantitative estimate of drug-likeness (QED) is 0.211. The minimum atomic E-state index is -0.373. The number of ketones is 1. The highest BCUT2D eigenvalue weighted by Gasteiger charge is 2.08. The maximum Gasteiger partial charge on any atom is 0.185 e. The Morgan fingerprint density at radius 3 is 1.88 bits per heavy atom. The summed E-state index contributed by atoms with van der Waals surface area (Å²) in [5.74, 6) is 0.635. The van der Waals surface area contributed by atoms with E-state index >= 15 is 0 Å². The van der Waals surface area contributed by atoms with Gasteiger partial charge in [0, 0.05) is 5.56 Å². The van der Waals surface area contributed by atoms with E-state index in [9.17, 15) is 9.18 Å². The fourth-order valence-electron chi connectivity index (χ4n) is 3.21. The maximum atomic E-state index is 13.1. The van der Waals surface area contributed by atoms with Crippen LogP contribution in [-0.4, -0.2) is 5.78 Å². The minimum absolute atomic E-state index is 0.203. The summed E-state index contributed by atoms with van der Waals surface area (Å²) < 4.78 is 25.2. The predicted octanol–water partition coefficient (Wildman–Crippen LogP) is 6.88. The molecule has 4 heteroatoms. The van der Waals surface area contributed by atoms with E-state index in [1.165, 1.54) is 30.3 Å². The van der Waals surface area contributed by atoms with Gasteiger partial charge in [0.2, 0.25) is 0 Å². The number of carbonyl (C=O) groups is 1. The lowest BCUT2D eigenvalue weighted by Crippen LogP contribution is -2.01. The molecule has 4 rings (SSSR count). The van der Waals surface area contributed by atoms with Gasteiger partial charge >= 0.3 is 0 Å². The van der Waals surface area contributed by atoms with Crippen LogP contribution in [-0.2, 0) is 13.2 Å². The van der Waals surface area contributed by atoms with Crippen molar-refractivity contribution >= 4 is 11.9 Å². The van der Waals surface area contributed by atoms with Gasteiger partial charge in [-0.1, -0.05) is 72.8 Å². The smallest absolute Gasteiger partial charge is 0.185 e. The monoisotopic (exact) mass is 438 g/mol. The molecule has 0 N–H and O–H groups in total. The Kier molecular flexibility index (Phi) is 7.29. The highest BCUT2D eigenvalue weighted by molar-refractivity contribution is 6.06. The van der Waals surface area contributed by atoms with E-state index in [1.54, 1.807) is 6.08 Å². The first-order valence-corrected chi connectivity index (χ1v) is 10.6. The molecule has 0 aliphatic rings. The molecule has 4 aromatic carbocycles. The number of carbonyl (C=O) groups excluding carboxylic acids is 1. The van der Waals surface area contributed by atoms with Crippen molar-refractivity contribution in [1.29, 1.82) is 0 Å². The number of rotatable bonds is 9. The van der Waals surface area contributed by atoms with E-state index < -0.39 is 0 Å². The summed E-state index contributed by atoms with van der Waals surface area (Å²) in [6.45, 7) is 0.811. The van der Waals surface area contributed by atoms with Crippen LogP contribution in [0.25, 0.3) is 6.08 Å². The lowest BCUT2D eigenvalue weighted by molar-refractivity contribution is 0.104. The highest BCUT2D eigenvalue weighted by Crippen LogP contribution is 2.30. The maximum absolute atomic E-state index is 13.1. The first-order valence-electron chi connectivity index (χ1n) is 10.6. The third-order valence-corrected chi connectivity index (χ3v) is 5.00. The van der Waals surface area contributed by atoms with E-state index in [0.717, 1.165) is 16.7 Å². The first kappa shape index (κ1) is 22.0. The summed E-state index contributed by atoms with van der Waals surface area (Å²) in [6.07, 6.45) is 3.18. The molecule has 0 heterocycles. The molecule has 33 heavy (non-hydrogen) atoms. The molecule has 0 amide bonds. The van der Waals surface area contributed by atoms with Crippen LogP contribution >= 0.6 is 0 Å². The molecule has 0 spiro atoms. The Balaban J connectivity index is 1.52.